The van der Waals surface area contributed by atoms with Gasteiger partial charge in [0, 0.05) is 36.8 Å². The number of aromatic nitrogens is 3. The monoisotopic (exact) mass is 364 g/mol. The maximum Gasteiger partial charge on any atom is 0.244 e. The van der Waals surface area contributed by atoms with Crippen LogP contribution in [0.3, 0.4) is 0 Å². The highest BCUT2D eigenvalue weighted by Crippen LogP contribution is 2.24. The fourth-order valence-corrected chi connectivity index (χ4v) is 2.44. The molecule has 0 aliphatic carbocycles. The average Bonchev–Trinajstić information content (AvgIpc) is 3.25. The molecular weight excluding hydrogens is 344 g/mol. The van der Waals surface area contributed by atoms with Crippen LogP contribution >= 0.6 is 0 Å². The van der Waals surface area contributed by atoms with Crippen molar-refractivity contribution >= 4 is 12.0 Å². The van der Waals surface area contributed by atoms with E-state index >= 15 is 0 Å². The molecular formula is C20H20N4O3. The number of nitrogens with zero attached hydrogens (tertiary/aromatic N) is 3. The molecule has 7 nitrogen and oxygen atoms in total. The smallest absolute Gasteiger partial charge is 0.244 e. The van der Waals surface area contributed by atoms with E-state index < -0.39 is 0 Å². The van der Waals surface area contributed by atoms with Crippen molar-refractivity contribution in [2.75, 3.05) is 14.2 Å². The molecule has 7 heteroatoms. The van der Waals surface area contributed by atoms with Crippen molar-refractivity contribution < 1.29 is 14.3 Å². The normalized spacial score (nSPS) is 10.7. The largest absolute Gasteiger partial charge is 0.497 e. The molecule has 1 N–H and O–H groups in total. The lowest BCUT2D eigenvalue weighted by Gasteiger charge is -2.07. The van der Waals surface area contributed by atoms with E-state index in [1.165, 1.54) is 6.08 Å². The van der Waals surface area contributed by atoms with Gasteiger partial charge < -0.3 is 14.8 Å². The number of nitrogens with one attached hydrogen (secondary N) is 1. The minimum atomic E-state index is -0.212. The van der Waals surface area contributed by atoms with E-state index in [0.717, 1.165) is 16.9 Å². The highest BCUT2D eigenvalue weighted by molar-refractivity contribution is 5.92. The van der Waals surface area contributed by atoms with Gasteiger partial charge >= 0.3 is 0 Å². The lowest BCUT2D eigenvalue weighted by Crippen LogP contribution is -2.20. The molecule has 1 aromatic carbocycles. The summed E-state index contributed by atoms with van der Waals surface area (Å²) < 4.78 is 12.2. The van der Waals surface area contributed by atoms with Crippen LogP contribution in [0.1, 0.15) is 11.1 Å². The third-order valence-corrected chi connectivity index (χ3v) is 3.87. The molecule has 2 heterocycles. The maximum atomic E-state index is 12.1. The SMILES string of the molecule is COc1ccc(OC)c(/C=C/C(=O)NCc2ccc(-n3cccn3)nc2)c1. The number of benzene rings is 1. The first-order valence-corrected chi connectivity index (χ1v) is 8.32. The molecule has 27 heavy (non-hydrogen) atoms. The number of ether oxygens (including phenoxy) is 2. The molecule has 0 atom stereocenters. The molecule has 2 aromatic heterocycles. The summed E-state index contributed by atoms with van der Waals surface area (Å²) >= 11 is 0. The number of carbonyl (C=O) groups excluding carboxylic acids is 1. The summed E-state index contributed by atoms with van der Waals surface area (Å²) in [5.41, 5.74) is 1.66. The zero-order valence-electron chi connectivity index (χ0n) is 15.1. The van der Waals surface area contributed by atoms with Crippen molar-refractivity contribution in [3.05, 3.63) is 72.2 Å². The Morgan fingerprint density at radius 2 is 2.11 bits per heavy atom. The lowest BCUT2D eigenvalue weighted by molar-refractivity contribution is -0.116. The average molecular weight is 364 g/mol. The summed E-state index contributed by atoms with van der Waals surface area (Å²) in [6.07, 6.45) is 8.38. The molecule has 0 saturated carbocycles. The van der Waals surface area contributed by atoms with Crippen molar-refractivity contribution in [1.82, 2.24) is 20.1 Å². The number of carbonyl (C=O) groups is 1. The zero-order chi connectivity index (χ0) is 19.1. The Kier molecular flexibility index (Phi) is 5.84. The highest BCUT2D eigenvalue weighted by atomic mass is 16.5. The van der Waals surface area contributed by atoms with Crippen LogP contribution in [-0.2, 0) is 11.3 Å². The Morgan fingerprint density at radius 3 is 2.78 bits per heavy atom. The minimum Gasteiger partial charge on any atom is -0.497 e. The van der Waals surface area contributed by atoms with Crippen molar-refractivity contribution in [2.45, 2.75) is 6.54 Å². The number of amides is 1. The number of hydrogen-bond donors (Lipinski definition) is 1. The second kappa shape index (κ2) is 8.66. The van der Waals surface area contributed by atoms with Gasteiger partial charge in [-0.3, -0.25) is 4.79 Å². The Hall–Kier alpha value is -3.61. The topological polar surface area (TPSA) is 78.3 Å². The van der Waals surface area contributed by atoms with Crippen LogP contribution < -0.4 is 14.8 Å². The molecule has 0 aliphatic rings. The first-order valence-electron chi connectivity index (χ1n) is 8.32. The molecule has 0 aliphatic heterocycles. The summed E-state index contributed by atoms with van der Waals surface area (Å²) in [5, 5.41) is 6.96. The van der Waals surface area contributed by atoms with Gasteiger partial charge in [0.25, 0.3) is 0 Å². The molecule has 0 unspecified atom stereocenters. The summed E-state index contributed by atoms with van der Waals surface area (Å²) in [5.74, 6) is 1.87. The van der Waals surface area contributed by atoms with Crippen LogP contribution in [0.15, 0.2) is 61.1 Å². The van der Waals surface area contributed by atoms with Gasteiger partial charge in [-0.15, -0.1) is 0 Å². The lowest BCUT2D eigenvalue weighted by atomic mass is 10.1. The van der Waals surface area contributed by atoms with Gasteiger partial charge in [-0.25, -0.2) is 9.67 Å². The third kappa shape index (κ3) is 4.72. The third-order valence-electron chi connectivity index (χ3n) is 3.87. The first kappa shape index (κ1) is 18.2. The van der Waals surface area contributed by atoms with E-state index in [2.05, 4.69) is 15.4 Å². The van der Waals surface area contributed by atoms with Crippen molar-refractivity contribution in [3.8, 4) is 17.3 Å². The molecule has 0 radical (unpaired) electrons. The van der Waals surface area contributed by atoms with Crippen LogP contribution in [0.4, 0.5) is 0 Å². The van der Waals surface area contributed by atoms with Gasteiger partial charge in [0.15, 0.2) is 5.82 Å². The number of methoxy groups -OCH3 is 2. The minimum absolute atomic E-state index is 0.212. The molecule has 1 amide bonds. The number of hydrogen-bond acceptors (Lipinski definition) is 5. The Bertz CT molecular complexity index is 919. The molecule has 0 saturated heterocycles. The fraction of sp³-hybridized carbons (Fsp3) is 0.150. The fourth-order valence-electron chi connectivity index (χ4n) is 2.44. The van der Waals surface area contributed by atoms with Gasteiger partial charge in [0.05, 0.1) is 14.2 Å². The van der Waals surface area contributed by atoms with Crippen LogP contribution in [0, 0.1) is 0 Å². The molecule has 0 spiro atoms. The van der Waals surface area contributed by atoms with Gasteiger partial charge in [0.2, 0.25) is 5.91 Å². The number of pyridine rings is 1. The van der Waals surface area contributed by atoms with Crippen LogP contribution in [0.25, 0.3) is 11.9 Å². The van der Waals surface area contributed by atoms with Crippen LogP contribution in [0.5, 0.6) is 11.5 Å². The second-order valence-electron chi connectivity index (χ2n) is 5.63. The molecule has 3 aromatic rings. The van der Waals surface area contributed by atoms with Gasteiger partial charge in [-0.1, -0.05) is 6.07 Å². The maximum absolute atomic E-state index is 12.1. The molecule has 138 valence electrons. The zero-order valence-corrected chi connectivity index (χ0v) is 15.1. The van der Waals surface area contributed by atoms with Gasteiger partial charge in [-0.2, -0.15) is 5.10 Å². The van der Waals surface area contributed by atoms with E-state index in [-0.39, 0.29) is 5.91 Å². The van der Waals surface area contributed by atoms with Crippen molar-refractivity contribution in [1.29, 1.82) is 0 Å². The predicted octanol–water partition coefficient (Wildman–Crippen LogP) is 2.61. The Balaban J connectivity index is 1.59. The Morgan fingerprint density at radius 1 is 1.22 bits per heavy atom. The number of rotatable bonds is 7. The summed E-state index contributed by atoms with van der Waals surface area (Å²) in [6, 6.07) is 11.0. The molecule has 0 fully saturated rings. The van der Waals surface area contributed by atoms with Crippen LogP contribution in [-0.4, -0.2) is 34.9 Å². The molecule has 0 bridgehead atoms. The standard InChI is InChI=1S/C20H20N4O3/c1-26-17-6-7-18(27-2)16(12-17)5-9-20(25)22-14-15-4-8-19(21-13-15)24-11-3-10-23-24/h3-13H,14H2,1-2H3,(H,22,25)/b9-5+. The summed E-state index contributed by atoms with van der Waals surface area (Å²) in [7, 11) is 3.17. The highest BCUT2D eigenvalue weighted by Gasteiger charge is 2.04. The van der Waals surface area contributed by atoms with Gasteiger partial charge in [-0.05, 0) is 42.0 Å². The molecule has 3 rings (SSSR count). The van der Waals surface area contributed by atoms with E-state index in [1.807, 2.05) is 24.4 Å². The van der Waals surface area contributed by atoms with Gasteiger partial charge in [0.1, 0.15) is 11.5 Å². The van der Waals surface area contributed by atoms with E-state index in [9.17, 15) is 4.79 Å². The predicted molar refractivity (Wildman–Crippen MR) is 102 cm³/mol. The van der Waals surface area contributed by atoms with Crippen LogP contribution in [0.2, 0.25) is 0 Å². The van der Waals surface area contributed by atoms with E-state index in [0.29, 0.717) is 18.0 Å². The second-order valence-corrected chi connectivity index (χ2v) is 5.63. The Labute approximate surface area is 157 Å². The summed E-state index contributed by atoms with van der Waals surface area (Å²) in [4.78, 5) is 16.4. The van der Waals surface area contributed by atoms with E-state index in [1.54, 1.807) is 55.6 Å². The summed E-state index contributed by atoms with van der Waals surface area (Å²) in [6.45, 7) is 0.380. The first-order chi connectivity index (χ1) is 13.2. The van der Waals surface area contributed by atoms with Crippen molar-refractivity contribution in [2.24, 2.45) is 0 Å². The quantitative estimate of drug-likeness (QED) is 0.652. The van der Waals surface area contributed by atoms with Crippen molar-refractivity contribution in [3.63, 3.8) is 0 Å². The van der Waals surface area contributed by atoms with E-state index in [4.69, 9.17) is 9.47 Å².